The van der Waals surface area contributed by atoms with Gasteiger partial charge in [-0.3, -0.25) is 9.59 Å². The van der Waals surface area contributed by atoms with E-state index in [1.807, 2.05) is 13.8 Å². The molecule has 3 rings (SSSR count). The largest absolute Gasteiger partial charge is 0.492 e. The predicted octanol–water partition coefficient (Wildman–Crippen LogP) is 3.30. The van der Waals surface area contributed by atoms with Crippen LogP contribution < -0.4 is 16.5 Å². The minimum atomic E-state index is -4.98. The van der Waals surface area contributed by atoms with Crippen molar-refractivity contribution in [2.75, 3.05) is 31.5 Å². The minimum absolute atomic E-state index is 0.143. The number of alkyl halides is 3. The van der Waals surface area contributed by atoms with Gasteiger partial charge in [0.15, 0.2) is 0 Å². The van der Waals surface area contributed by atoms with Gasteiger partial charge in [0.2, 0.25) is 0 Å². The Hall–Kier alpha value is -3.71. The van der Waals surface area contributed by atoms with Gasteiger partial charge in [0.05, 0.1) is 11.1 Å². The number of hydrogen-bond acceptors (Lipinski definition) is 6. The number of rotatable bonds is 7. The highest BCUT2D eigenvalue weighted by atomic mass is 19.4. The number of nitrogens with one attached hydrogen (secondary N) is 3. The van der Waals surface area contributed by atoms with Gasteiger partial charge in [-0.15, -0.1) is 0 Å². The fourth-order valence-corrected chi connectivity index (χ4v) is 3.73. The summed E-state index contributed by atoms with van der Waals surface area (Å²) in [6, 6.07) is 4.20. The fraction of sp³-hybridized carbons (Fsp3) is 0.375. The van der Waals surface area contributed by atoms with Crippen LogP contribution in [0.5, 0.6) is 0 Å². The summed E-state index contributed by atoms with van der Waals surface area (Å²) in [5.74, 6) is 0.661. The summed E-state index contributed by atoms with van der Waals surface area (Å²) >= 11 is 0. The summed E-state index contributed by atoms with van der Waals surface area (Å²) in [4.78, 5) is 42.7. The van der Waals surface area contributed by atoms with Gasteiger partial charge in [-0.25, -0.2) is 9.18 Å². The summed E-state index contributed by atoms with van der Waals surface area (Å²) in [5, 5.41) is 5.70. The molecule has 0 fully saturated rings. The molecule has 2 aromatic rings. The number of nitrogens with zero attached hydrogens (tertiary/aromatic N) is 1. The second kappa shape index (κ2) is 12.5. The molecule has 2 heterocycles. The van der Waals surface area contributed by atoms with E-state index < -0.39 is 18.0 Å². The van der Waals surface area contributed by atoms with Crippen molar-refractivity contribution in [3.8, 4) is 0 Å². The maximum Gasteiger partial charge on any atom is 0.492 e. The highest BCUT2D eigenvalue weighted by Gasteiger charge is 2.40. The quantitative estimate of drug-likeness (QED) is 0.248. The molecule has 37 heavy (non-hydrogen) atoms. The summed E-state index contributed by atoms with van der Waals surface area (Å²) in [6.07, 6.45) is -3.30. The Morgan fingerprint density at radius 3 is 2.38 bits per heavy atom. The molecule has 0 saturated carbocycles. The molecule has 9 nitrogen and oxygen atoms in total. The third kappa shape index (κ3) is 7.40. The van der Waals surface area contributed by atoms with E-state index in [4.69, 9.17) is 0 Å². The van der Waals surface area contributed by atoms with Crippen LogP contribution in [-0.4, -0.2) is 60.0 Å². The van der Waals surface area contributed by atoms with Crippen molar-refractivity contribution >= 4 is 35.1 Å². The van der Waals surface area contributed by atoms with Crippen LogP contribution in [0.1, 0.15) is 46.7 Å². The molecule has 0 bridgehead atoms. The highest BCUT2D eigenvalue weighted by molar-refractivity contribution is 6.34. The molecule has 2 amide bonds. The molecule has 0 saturated heterocycles. The van der Waals surface area contributed by atoms with E-state index in [0.29, 0.717) is 34.6 Å². The third-order valence-corrected chi connectivity index (χ3v) is 5.70. The summed E-state index contributed by atoms with van der Waals surface area (Å²) < 4.78 is 46.3. The van der Waals surface area contributed by atoms with Crippen molar-refractivity contribution in [1.29, 1.82) is 0 Å². The second-order valence-corrected chi connectivity index (χ2v) is 8.05. The summed E-state index contributed by atoms with van der Waals surface area (Å²) in [7, 11) is 0. The Balaban J connectivity index is 0.000000521. The number of aromatic amines is 1. The molecule has 1 aliphatic rings. The van der Waals surface area contributed by atoms with Crippen LogP contribution in [0.4, 0.5) is 23.2 Å². The van der Waals surface area contributed by atoms with Crippen molar-refractivity contribution in [2.24, 2.45) is 5.90 Å². The van der Waals surface area contributed by atoms with E-state index in [9.17, 15) is 31.9 Å². The number of H-pyrrole nitrogens is 1. The highest BCUT2D eigenvalue weighted by Crippen LogP contribution is 2.34. The lowest BCUT2D eigenvalue weighted by atomic mass is 10.0. The maximum absolute atomic E-state index is 13.7. The number of halogens is 4. The first-order valence-electron chi connectivity index (χ1n) is 11.3. The number of aryl methyl sites for hydroxylation is 1. The minimum Gasteiger partial charge on any atom is -0.367 e. The number of carbonyl (C=O) groups is 3. The van der Waals surface area contributed by atoms with E-state index in [2.05, 4.69) is 45.1 Å². The average Bonchev–Trinajstić information content (AvgIpc) is 3.30. The molecule has 1 aromatic carbocycles. The number of hydrogen-bond donors (Lipinski definition) is 4. The van der Waals surface area contributed by atoms with E-state index in [0.717, 1.165) is 30.9 Å². The Morgan fingerprint density at radius 2 is 1.84 bits per heavy atom. The van der Waals surface area contributed by atoms with Crippen molar-refractivity contribution in [3.63, 3.8) is 0 Å². The van der Waals surface area contributed by atoms with E-state index in [1.54, 1.807) is 12.1 Å². The fourth-order valence-electron chi connectivity index (χ4n) is 3.73. The molecule has 202 valence electrons. The third-order valence-electron chi connectivity index (χ3n) is 5.70. The number of benzene rings is 1. The predicted molar refractivity (Wildman–Crippen MR) is 130 cm³/mol. The first-order valence-corrected chi connectivity index (χ1v) is 11.3. The Labute approximate surface area is 211 Å². The van der Waals surface area contributed by atoms with Crippen molar-refractivity contribution < 1.29 is 36.8 Å². The topological polar surface area (TPSA) is 130 Å². The van der Waals surface area contributed by atoms with Gasteiger partial charge in [0.25, 0.3) is 11.8 Å². The number of likely N-dealkylation sites (N-methyl/N-ethyl adjacent to an activating group) is 1. The van der Waals surface area contributed by atoms with Gasteiger partial charge in [-0.1, -0.05) is 13.8 Å². The molecular formula is C24H29F4N5O4. The van der Waals surface area contributed by atoms with Gasteiger partial charge in [-0.2, -0.15) is 19.1 Å². The van der Waals surface area contributed by atoms with Crippen LogP contribution in [0, 0.1) is 19.7 Å². The van der Waals surface area contributed by atoms with Crippen molar-refractivity contribution in [2.45, 2.75) is 33.9 Å². The van der Waals surface area contributed by atoms with E-state index in [-0.39, 0.29) is 11.8 Å². The standard InChI is InChI=1S/C22H27FN4O2.C2H2F3NO2/c1-5-27(6-2)10-9-24-22(29)20-13(3)19(25-14(20)4)12-17-16-11-15(23)7-8-18(16)26-21(17)28;3-2(4,5)1(7)8-6/h7-8,11-12,25H,5-6,9-10H2,1-4H3,(H,24,29)(H,26,28);6H2/b17-12-;. The van der Waals surface area contributed by atoms with Crippen LogP contribution in [0.15, 0.2) is 18.2 Å². The molecule has 0 spiro atoms. The molecule has 5 N–H and O–H groups in total. The van der Waals surface area contributed by atoms with Crippen LogP contribution in [0.2, 0.25) is 0 Å². The van der Waals surface area contributed by atoms with Gasteiger partial charge >= 0.3 is 12.1 Å². The van der Waals surface area contributed by atoms with Crippen LogP contribution >= 0.6 is 0 Å². The number of aromatic nitrogens is 1. The molecule has 13 heteroatoms. The molecule has 0 radical (unpaired) electrons. The molecular weight excluding hydrogens is 498 g/mol. The number of amides is 2. The second-order valence-electron chi connectivity index (χ2n) is 8.05. The van der Waals surface area contributed by atoms with Crippen LogP contribution in [0.25, 0.3) is 11.6 Å². The lowest BCUT2D eigenvalue weighted by Gasteiger charge is -2.18. The summed E-state index contributed by atoms with van der Waals surface area (Å²) in [5.41, 5.74) is 4.20. The first kappa shape index (κ1) is 29.5. The van der Waals surface area contributed by atoms with Crippen LogP contribution in [0.3, 0.4) is 0 Å². The maximum atomic E-state index is 13.7. The molecule has 0 unspecified atom stereocenters. The lowest BCUT2D eigenvalue weighted by Crippen LogP contribution is -2.35. The van der Waals surface area contributed by atoms with Gasteiger partial charge in [-0.05, 0) is 56.8 Å². The Bertz CT molecular complexity index is 1190. The van der Waals surface area contributed by atoms with Crippen molar-refractivity contribution in [3.05, 3.63) is 52.1 Å². The van der Waals surface area contributed by atoms with E-state index in [1.165, 1.54) is 12.1 Å². The van der Waals surface area contributed by atoms with Gasteiger partial charge in [0.1, 0.15) is 5.82 Å². The number of fused-ring (bicyclic) bond motifs is 1. The van der Waals surface area contributed by atoms with E-state index >= 15 is 0 Å². The number of anilines is 1. The van der Waals surface area contributed by atoms with Gasteiger partial charge in [0, 0.05) is 35.7 Å². The first-order chi connectivity index (χ1) is 17.3. The summed E-state index contributed by atoms with van der Waals surface area (Å²) in [6.45, 7) is 11.1. The SMILES string of the molecule is CCN(CC)CCNC(=O)c1c(C)[nH]c(/C=C2\C(=O)Nc3ccc(F)cc32)c1C.NOC(=O)C(F)(F)F. The average molecular weight is 528 g/mol. The number of nitrogens with two attached hydrogens (primary N) is 1. The normalized spacial score (nSPS) is 13.7. The molecule has 1 aliphatic heterocycles. The lowest BCUT2D eigenvalue weighted by molar-refractivity contribution is -0.200. The Kier molecular flexibility index (Phi) is 9.97. The van der Waals surface area contributed by atoms with Gasteiger partial charge < -0.3 is 25.4 Å². The zero-order chi connectivity index (χ0) is 27.9. The molecule has 1 aromatic heterocycles. The number of carbonyl (C=O) groups excluding carboxylic acids is 3. The van der Waals surface area contributed by atoms with Crippen LogP contribution in [-0.2, 0) is 14.4 Å². The Morgan fingerprint density at radius 1 is 1.19 bits per heavy atom. The van der Waals surface area contributed by atoms with Crippen molar-refractivity contribution in [1.82, 2.24) is 15.2 Å². The zero-order valence-corrected chi connectivity index (χ0v) is 20.8. The smallest absolute Gasteiger partial charge is 0.367 e. The zero-order valence-electron chi connectivity index (χ0n) is 20.8. The molecule has 0 atom stereocenters. The monoisotopic (exact) mass is 527 g/mol. The molecule has 0 aliphatic carbocycles.